The molecule has 52 heavy (non-hydrogen) atoms. The third-order valence-corrected chi connectivity index (χ3v) is 11.0. The predicted molar refractivity (Wildman–Crippen MR) is 183 cm³/mol. The number of hydrogen-bond donors (Lipinski definition) is 6. The Balaban J connectivity index is 1.91. The number of aromatic hydroxyl groups is 1. The van der Waals surface area contributed by atoms with E-state index < -0.39 is 72.7 Å². The summed E-state index contributed by atoms with van der Waals surface area (Å²) in [5.74, 6) is -8.07. The van der Waals surface area contributed by atoms with Gasteiger partial charge < -0.3 is 35.4 Å². The third kappa shape index (κ3) is 4.40. The highest BCUT2D eigenvalue weighted by Crippen LogP contribution is 2.75. The predicted octanol–water partition coefficient (Wildman–Crippen LogP) is 3.87. The first-order valence-corrected chi connectivity index (χ1v) is 16.8. The van der Waals surface area contributed by atoms with Crippen LogP contribution in [0, 0.1) is 12.8 Å². The maximum absolute atomic E-state index is 14.4. The number of rotatable bonds is 14. The van der Waals surface area contributed by atoms with E-state index in [-0.39, 0.29) is 56.7 Å². The number of phenols is 1. The molecule has 0 amide bonds. The standard InChI is InChI=1S/C38H40N2O12/c1-17(2)22-11-25-19(5)31(33(22)49)36(25,39(13-27(41)42)14-28(43)44)38(24-10-8-7-9-21(24)35(51)52-38)37(40(15-29(45)46)16-30(47)48)26-12-23(18(3)4)34(50)32(37)20(26)6/h7-12,17-18,49-50H,13-16H2,1-6H3,(H,41,42)(H,43,44)(H,45,46)(H,47,48)/t36-,37-/m1/s1. The number of carboxylic acids is 4. The second-order valence-corrected chi connectivity index (χ2v) is 14.4. The Bertz CT molecular complexity index is 2060. The van der Waals surface area contributed by atoms with Crippen molar-refractivity contribution >= 4 is 29.8 Å². The van der Waals surface area contributed by atoms with Crippen LogP contribution in [0.5, 0.6) is 5.75 Å². The molecule has 0 fully saturated rings. The molecule has 1 heterocycles. The zero-order chi connectivity index (χ0) is 38.4. The summed E-state index contributed by atoms with van der Waals surface area (Å²) in [5, 5.41) is 65.8. The van der Waals surface area contributed by atoms with Gasteiger partial charge in [0.15, 0.2) is 5.60 Å². The quantitative estimate of drug-likeness (QED) is 0.153. The van der Waals surface area contributed by atoms with E-state index in [0.29, 0.717) is 22.3 Å². The van der Waals surface area contributed by atoms with E-state index in [1.54, 1.807) is 38.1 Å². The number of aliphatic hydroxyl groups excluding tert-OH is 1. The number of phenolic OH excluding ortho intramolecular Hbond substituents is 1. The number of nitrogens with zero attached hydrogens (tertiary/aromatic N) is 2. The Hall–Kier alpha value is -5.47. The van der Waals surface area contributed by atoms with Gasteiger partial charge in [-0.15, -0.1) is 0 Å². The van der Waals surface area contributed by atoms with Crippen molar-refractivity contribution in [2.24, 2.45) is 5.92 Å². The molecule has 1 unspecified atom stereocenters. The van der Waals surface area contributed by atoms with Crippen LogP contribution in [0.15, 0.2) is 64.5 Å². The number of aliphatic hydroxyl groups is 1. The number of carboxylic acid groups (broad SMARTS) is 4. The first-order chi connectivity index (χ1) is 24.3. The Morgan fingerprint density at radius 3 is 1.75 bits per heavy atom. The van der Waals surface area contributed by atoms with Gasteiger partial charge in [-0.1, -0.05) is 45.9 Å². The van der Waals surface area contributed by atoms with Crippen LogP contribution in [0.1, 0.15) is 78.7 Å². The van der Waals surface area contributed by atoms with Crippen LogP contribution in [0.3, 0.4) is 0 Å². The molecule has 3 aliphatic carbocycles. The van der Waals surface area contributed by atoms with Gasteiger partial charge in [0.1, 0.15) is 22.6 Å². The molecular weight excluding hydrogens is 676 g/mol. The van der Waals surface area contributed by atoms with Gasteiger partial charge in [0.2, 0.25) is 0 Å². The summed E-state index contributed by atoms with van der Waals surface area (Å²) in [7, 11) is 0. The molecule has 14 nitrogen and oxygen atoms in total. The zero-order valence-corrected chi connectivity index (χ0v) is 29.5. The lowest BCUT2D eigenvalue weighted by molar-refractivity contribution is -0.189. The molecule has 14 heteroatoms. The summed E-state index contributed by atoms with van der Waals surface area (Å²) < 4.78 is 6.67. The minimum atomic E-state index is -2.46. The number of ether oxygens (including phenoxy) is 1. The van der Waals surface area contributed by atoms with E-state index in [4.69, 9.17) is 4.74 Å². The van der Waals surface area contributed by atoms with Crippen LogP contribution in [0.2, 0.25) is 0 Å². The Labute approximate surface area is 298 Å². The molecule has 6 N–H and O–H groups in total. The molecule has 0 radical (unpaired) electrons. The fourth-order valence-electron chi connectivity index (χ4n) is 9.33. The van der Waals surface area contributed by atoms with Gasteiger partial charge >= 0.3 is 29.8 Å². The lowest BCUT2D eigenvalue weighted by Gasteiger charge is -2.70. The SMILES string of the molecule is Cc1c2cc(C(C)C)c(O)c1[C@@]2(N(CC(=O)O)CC(=O)O)C1([C@@]2(N(CC(=O)O)CC(=O)O)c3cc(C(C)C)c(O)c2c3C)OC(=O)c2ccccc21. The minimum Gasteiger partial charge on any atom is -0.507 e. The van der Waals surface area contributed by atoms with Crippen LogP contribution in [0.25, 0.3) is 0 Å². The summed E-state index contributed by atoms with van der Waals surface area (Å²) >= 11 is 0. The van der Waals surface area contributed by atoms with Crippen LogP contribution < -0.4 is 0 Å². The largest absolute Gasteiger partial charge is 0.507 e. The van der Waals surface area contributed by atoms with Gasteiger partial charge in [0, 0.05) is 16.7 Å². The van der Waals surface area contributed by atoms with E-state index in [0.717, 1.165) is 9.80 Å². The van der Waals surface area contributed by atoms with Gasteiger partial charge in [-0.05, 0) is 77.3 Å². The number of aliphatic carboxylic acids is 4. The molecule has 4 aliphatic rings. The van der Waals surface area contributed by atoms with Gasteiger partial charge in [0.05, 0.1) is 31.7 Å². The van der Waals surface area contributed by atoms with Crippen molar-refractivity contribution in [3.63, 3.8) is 0 Å². The van der Waals surface area contributed by atoms with E-state index in [1.807, 2.05) is 27.7 Å². The summed E-state index contributed by atoms with van der Waals surface area (Å²) in [6, 6.07) is 7.66. The topological polar surface area (TPSA) is 222 Å². The normalized spacial score (nSPS) is 24.2. The van der Waals surface area contributed by atoms with Gasteiger partial charge in [-0.25, -0.2) is 4.79 Å². The molecule has 1 aliphatic heterocycles. The van der Waals surface area contributed by atoms with E-state index in [2.05, 4.69) is 0 Å². The van der Waals surface area contributed by atoms with Gasteiger partial charge in [-0.2, -0.15) is 0 Å². The molecule has 0 spiro atoms. The summed E-state index contributed by atoms with van der Waals surface area (Å²) in [4.78, 5) is 67.5. The minimum absolute atomic E-state index is 0.0297. The second kappa shape index (κ2) is 12.1. The van der Waals surface area contributed by atoms with Crippen LogP contribution in [-0.4, -0.2) is 102 Å². The monoisotopic (exact) mass is 716 g/mol. The average molecular weight is 717 g/mol. The number of allylic oxidation sites excluding steroid dienone is 2. The molecule has 2 aromatic rings. The van der Waals surface area contributed by atoms with E-state index in [1.165, 1.54) is 12.1 Å². The number of cyclic esters (lactones) is 1. The second-order valence-electron chi connectivity index (χ2n) is 14.4. The maximum atomic E-state index is 14.4. The number of benzene rings is 2. The number of esters is 1. The number of fused-ring (bicyclic) bond motifs is 5. The molecular formula is C38H40N2O12. The molecule has 0 aromatic heterocycles. The lowest BCUT2D eigenvalue weighted by Crippen LogP contribution is -2.81. The smallest absolute Gasteiger partial charge is 0.339 e. The van der Waals surface area contributed by atoms with Crippen molar-refractivity contribution in [2.45, 2.75) is 64.1 Å². The molecule has 0 saturated heterocycles. The summed E-state index contributed by atoms with van der Waals surface area (Å²) in [5.41, 5.74) is -4.56. The Kier molecular flexibility index (Phi) is 8.42. The molecule has 4 bridgehead atoms. The molecule has 274 valence electrons. The lowest BCUT2D eigenvalue weighted by atomic mass is 9.43. The fourth-order valence-corrected chi connectivity index (χ4v) is 9.33. The number of aryl methyl sites for hydroxylation is 1. The molecule has 0 saturated carbocycles. The van der Waals surface area contributed by atoms with Crippen molar-refractivity contribution in [1.82, 2.24) is 9.80 Å². The van der Waals surface area contributed by atoms with Crippen LogP contribution in [0.4, 0.5) is 0 Å². The van der Waals surface area contributed by atoms with Crippen molar-refractivity contribution < 1.29 is 59.3 Å². The summed E-state index contributed by atoms with van der Waals surface area (Å²) in [6.45, 7) is 6.62. The maximum Gasteiger partial charge on any atom is 0.339 e. The molecule has 3 atom stereocenters. The molecule has 6 rings (SSSR count). The van der Waals surface area contributed by atoms with Crippen molar-refractivity contribution in [3.8, 4) is 5.75 Å². The average Bonchev–Trinajstić information content (AvgIpc) is 3.33. The fraction of sp³-hybridized carbons (Fsp3) is 0.395. The highest BCUT2D eigenvalue weighted by atomic mass is 16.6. The first kappa shape index (κ1) is 36.3. The van der Waals surface area contributed by atoms with Crippen LogP contribution in [-0.2, 0) is 35.1 Å². The highest BCUT2D eigenvalue weighted by molar-refractivity contribution is 5.98. The van der Waals surface area contributed by atoms with Gasteiger partial charge in [0.25, 0.3) is 0 Å². The zero-order valence-electron chi connectivity index (χ0n) is 29.5. The summed E-state index contributed by atoms with van der Waals surface area (Å²) in [6.07, 6.45) is 1.60. The third-order valence-electron chi connectivity index (χ3n) is 11.0. The highest BCUT2D eigenvalue weighted by Gasteiger charge is 2.83. The number of carbonyl (C=O) groups is 5. The Morgan fingerprint density at radius 1 is 0.769 bits per heavy atom. The number of hydrogen-bond acceptors (Lipinski definition) is 10. The Morgan fingerprint density at radius 2 is 1.29 bits per heavy atom. The molecule has 2 aromatic carbocycles. The first-order valence-electron chi connectivity index (χ1n) is 16.8. The van der Waals surface area contributed by atoms with E-state index in [9.17, 15) is 54.6 Å². The van der Waals surface area contributed by atoms with Crippen molar-refractivity contribution in [3.05, 3.63) is 97.8 Å². The van der Waals surface area contributed by atoms with Crippen molar-refractivity contribution in [2.75, 3.05) is 26.2 Å². The van der Waals surface area contributed by atoms with Crippen molar-refractivity contribution in [1.29, 1.82) is 0 Å². The van der Waals surface area contributed by atoms with Crippen LogP contribution >= 0.6 is 0 Å². The van der Waals surface area contributed by atoms with Gasteiger partial charge in [-0.3, -0.25) is 29.0 Å². The van der Waals surface area contributed by atoms with E-state index >= 15 is 0 Å². The number of carbonyl (C=O) groups excluding carboxylic acids is 1.